The van der Waals surface area contributed by atoms with Gasteiger partial charge in [0.05, 0.1) is 18.5 Å². The van der Waals surface area contributed by atoms with Crippen molar-refractivity contribution in [3.63, 3.8) is 0 Å². The van der Waals surface area contributed by atoms with Crippen molar-refractivity contribution < 1.29 is 13.7 Å². The highest BCUT2D eigenvalue weighted by Gasteiger charge is 2.28. The molecule has 0 saturated carbocycles. The summed E-state index contributed by atoms with van der Waals surface area (Å²) < 4.78 is 10.7. The fraction of sp³-hybridized carbons (Fsp3) is 0.600. The van der Waals surface area contributed by atoms with Crippen LogP contribution in [-0.4, -0.2) is 24.2 Å². The monoisotopic (exact) mass is 359 g/mol. The first kappa shape index (κ1) is 18.7. The third-order valence-corrected chi connectivity index (χ3v) is 5.11. The van der Waals surface area contributed by atoms with Crippen molar-refractivity contribution in [2.24, 2.45) is 11.8 Å². The number of aromatic nitrogens is 1. The highest BCUT2D eigenvalue weighted by molar-refractivity contribution is 5.76. The molecular formula is C20H29N3O3. The Labute approximate surface area is 154 Å². The van der Waals surface area contributed by atoms with Crippen LogP contribution in [0.3, 0.4) is 0 Å². The number of amides is 1. The van der Waals surface area contributed by atoms with Crippen molar-refractivity contribution in [1.82, 2.24) is 15.8 Å². The number of hydrogen-bond acceptors (Lipinski definition) is 5. The molecule has 3 rings (SSSR count). The van der Waals surface area contributed by atoms with Gasteiger partial charge < -0.3 is 19.6 Å². The van der Waals surface area contributed by atoms with Crippen molar-refractivity contribution in [1.29, 1.82) is 0 Å². The zero-order chi connectivity index (χ0) is 18.2. The van der Waals surface area contributed by atoms with Gasteiger partial charge in [0.25, 0.3) is 0 Å². The van der Waals surface area contributed by atoms with E-state index in [1.165, 1.54) is 0 Å². The Morgan fingerprint density at radius 1 is 1.38 bits per heavy atom. The highest BCUT2D eigenvalue weighted by Crippen LogP contribution is 2.26. The van der Waals surface area contributed by atoms with E-state index in [9.17, 15) is 4.79 Å². The number of carbonyl (C=O) groups excluding carboxylic acids is 1. The van der Waals surface area contributed by atoms with E-state index in [1.54, 1.807) is 6.26 Å². The lowest BCUT2D eigenvalue weighted by Crippen LogP contribution is -2.40. The van der Waals surface area contributed by atoms with Gasteiger partial charge in [0, 0.05) is 18.9 Å². The third kappa shape index (κ3) is 5.46. The average Bonchev–Trinajstić information content (AvgIpc) is 3.32. The van der Waals surface area contributed by atoms with E-state index in [1.807, 2.05) is 12.1 Å². The van der Waals surface area contributed by atoms with E-state index in [0.29, 0.717) is 24.8 Å². The van der Waals surface area contributed by atoms with Crippen LogP contribution in [0.2, 0.25) is 0 Å². The van der Waals surface area contributed by atoms with E-state index in [0.717, 1.165) is 62.4 Å². The van der Waals surface area contributed by atoms with Gasteiger partial charge in [-0.2, -0.15) is 0 Å². The molecule has 3 heterocycles. The Kier molecular flexibility index (Phi) is 6.89. The van der Waals surface area contributed by atoms with Crippen molar-refractivity contribution in [2.45, 2.75) is 52.0 Å². The van der Waals surface area contributed by atoms with Gasteiger partial charge in [0.1, 0.15) is 11.5 Å². The molecule has 6 heteroatoms. The normalized spacial score (nSPS) is 20.2. The number of piperidine rings is 1. The molecule has 1 fully saturated rings. The van der Waals surface area contributed by atoms with E-state index in [2.05, 4.69) is 28.8 Å². The summed E-state index contributed by atoms with van der Waals surface area (Å²) in [6.45, 7) is 4.51. The van der Waals surface area contributed by atoms with Gasteiger partial charge in [-0.3, -0.25) is 4.79 Å². The maximum Gasteiger partial charge on any atom is 0.220 e. The molecule has 0 aliphatic carbocycles. The van der Waals surface area contributed by atoms with E-state index < -0.39 is 0 Å². The molecular weight excluding hydrogens is 330 g/mol. The Morgan fingerprint density at radius 2 is 2.31 bits per heavy atom. The Morgan fingerprint density at radius 3 is 3.12 bits per heavy atom. The van der Waals surface area contributed by atoms with E-state index in [4.69, 9.17) is 8.94 Å². The minimum atomic E-state index is 0.0853. The van der Waals surface area contributed by atoms with Crippen LogP contribution in [0.5, 0.6) is 0 Å². The molecule has 1 amide bonds. The van der Waals surface area contributed by atoms with Crippen LogP contribution in [0.15, 0.2) is 33.4 Å². The first-order valence-corrected chi connectivity index (χ1v) is 9.69. The zero-order valence-electron chi connectivity index (χ0n) is 15.5. The number of nitrogens with zero attached hydrogens (tertiary/aromatic N) is 1. The molecule has 26 heavy (non-hydrogen) atoms. The van der Waals surface area contributed by atoms with E-state index in [-0.39, 0.29) is 5.91 Å². The van der Waals surface area contributed by atoms with Gasteiger partial charge >= 0.3 is 0 Å². The van der Waals surface area contributed by atoms with Crippen molar-refractivity contribution in [3.8, 4) is 0 Å². The van der Waals surface area contributed by atoms with Crippen LogP contribution in [0.1, 0.15) is 49.8 Å². The molecule has 0 bridgehead atoms. The molecule has 0 radical (unpaired) electrons. The molecule has 2 atom stereocenters. The number of nitrogens with one attached hydrogen (secondary N) is 2. The standard InChI is InChI=1S/C20H29N3O3/c1-2-3-5-18-12-17(23-26-18)10-16-13-21-8-7-15(16)11-20(24)22-14-19-6-4-9-25-19/h4,6,9,12,15-16,21H,2-3,5,7-8,10-11,13-14H2,1H3,(H,22,24). The van der Waals surface area contributed by atoms with Crippen LogP contribution in [0.4, 0.5) is 0 Å². The van der Waals surface area contributed by atoms with Crippen LogP contribution in [0, 0.1) is 11.8 Å². The summed E-state index contributed by atoms with van der Waals surface area (Å²) in [4.78, 5) is 12.3. The molecule has 2 aromatic heterocycles. The average molecular weight is 359 g/mol. The Balaban J connectivity index is 1.50. The summed E-state index contributed by atoms with van der Waals surface area (Å²) in [5, 5.41) is 10.6. The largest absolute Gasteiger partial charge is 0.467 e. The SMILES string of the molecule is CCCCc1cc(CC2CNCCC2CC(=O)NCc2ccco2)no1. The highest BCUT2D eigenvalue weighted by atomic mass is 16.5. The summed E-state index contributed by atoms with van der Waals surface area (Å²) in [7, 11) is 0. The predicted molar refractivity (Wildman–Crippen MR) is 98.5 cm³/mol. The van der Waals surface area contributed by atoms with Crippen LogP contribution in [-0.2, 0) is 24.2 Å². The van der Waals surface area contributed by atoms with Gasteiger partial charge in [-0.05, 0) is 56.3 Å². The maximum atomic E-state index is 12.3. The fourth-order valence-electron chi connectivity index (χ4n) is 3.58. The van der Waals surface area contributed by atoms with Crippen molar-refractivity contribution in [3.05, 3.63) is 41.7 Å². The second kappa shape index (κ2) is 9.57. The lowest BCUT2D eigenvalue weighted by Gasteiger charge is -2.31. The number of furan rings is 1. The van der Waals surface area contributed by atoms with Crippen molar-refractivity contribution >= 4 is 5.91 Å². The van der Waals surface area contributed by atoms with E-state index >= 15 is 0 Å². The molecule has 2 N–H and O–H groups in total. The molecule has 0 spiro atoms. The summed E-state index contributed by atoms with van der Waals surface area (Å²) in [6, 6.07) is 5.78. The Bertz CT molecular complexity index is 666. The number of carbonyl (C=O) groups is 1. The summed E-state index contributed by atoms with van der Waals surface area (Å²) in [6.07, 6.45) is 7.27. The van der Waals surface area contributed by atoms with Crippen LogP contribution < -0.4 is 10.6 Å². The van der Waals surface area contributed by atoms with Crippen LogP contribution >= 0.6 is 0 Å². The maximum absolute atomic E-state index is 12.3. The lowest BCUT2D eigenvalue weighted by atomic mass is 9.81. The summed E-state index contributed by atoms with van der Waals surface area (Å²) >= 11 is 0. The number of unbranched alkanes of at least 4 members (excludes halogenated alkanes) is 1. The smallest absolute Gasteiger partial charge is 0.220 e. The Hall–Kier alpha value is -2.08. The minimum Gasteiger partial charge on any atom is -0.467 e. The van der Waals surface area contributed by atoms with Crippen LogP contribution in [0.25, 0.3) is 0 Å². The molecule has 2 aromatic rings. The predicted octanol–water partition coefficient (Wildman–Crippen LogP) is 3.08. The fourth-order valence-corrected chi connectivity index (χ4v) is 3.58. The molecule has 142 valence electrons. The van der Waals surface area contributed by atoms with Gasteiger partial charge in [-0.25, -0.2) is 0 Å². The van der Waals surface area contributed by atoms with Gasteiger partial charge in [-0.15, -0.1) is 0 Å². The van der Waals surface area contributed by atoms with Gasteiger partial charge in [0.2, 0.25) is 5.91 Å². The minimum absolute atomic E-state index is 0.0853. The topological polar surface area (TPSA) is 80.3 Å². The molecule has 2 unspecified atom stereocenters. The molecule has 0 aromatic carbocycles. The zero-order valence-corrected chi connectivity index (χ0v) is 15.5. The number of hydrogen-bond donors (Lipinski definition) is 2. The van der Waals surface area contributed by atoms with Gasteiger partial charge in [-0.1, -0.05) is 18.5 Å². The first-order valence-electron chi connectivity index (χ1n) is 9.69. The summed E-state index contributed by atoms with van der Waals surface area (Å²) in [5.74, 6) is 2.61. The second-order valence-corrected chi connectivity index (χ2v) is 7.17. The number of aryl methyl sites for hydroxylation is 1. The number of rotatable bonds is 9. The molecule has 6 nitrogen and oxygen atoms in total. The molecule has 1 aliphatic heterocycles. The summed E-state index contributed by atoms with van der Waals surface area (Å²) in [5.41, 5.74) is 1.01. The third-order valence-electron chi connectivity index (χ3n) is 5.11. The van der Waals surface area contributed by atoms with Gasteiger partial charge in [0.15, 0.2) is 0 Å². The second-order valence-electron chi connectivity index (χ2n) is 7.17. The molecule has 1 aliphatic rings. The van der Waals surface area contributed by atoms with Crippen molar-refractivity contribution in [2.75, 3.05) is 13.1 Å². The molecule has 1 saturated heterocycles. The lowest BCUT2D eigenvalue weighted by molar-refractivity contribution is -0.122. The first-order chi connectivity index (χ1) is 12.7. The quantitative estimate of drug-likeness (QED) is 0.719.